The predicted molar refractivity (Wildman–Crippen MR) is 77.9 cm³/mol. The molecule has 0 heterocycles. The van der Waals surface area contributed by atoms with Crippen LogP contribution in [0.5, 0.6) is 0 Å². The molecule has 0 bridgehead atoms. The number of aliphatic hydroxyl groups is 1. The summed E-state index contributed by atoms with van der Waals surface area (Å²) in [5.74, 6) is 0.336. The highest BCUT2D eigenvalue weighted by Gasteiger charge is 1.99. The summed E-state index contributed by atoms with van der Waals surface area (Å²) in [6.07, 6.45) is 2.12. The molecule has 0 saturated carbocycles. The largest absolute Gasteiger partial charge is 0.396 e. The van der Waals surface area contributed by atoms with E-state index < -0.39 is 0 Å². The molecule has 1 rings (SSSR count). The highest BCUT2D eigenvalue weighted by atomic mass is 16.3. The van der Waals surface area contributed by atoms with Crippen LogP contribution in [-0.2, 0) is 11.3 Å². The molecular formula is C15H24N2O2. The summed E-state index contributed by atoms with van der Waals surface area (Å²) in [5.41, 5.74) is 2.03. The van der Waals surface area contributed by atoms with Gasteiger partial charge in [-0.25, -0.2) is 0 Å². The molecule has 19 heavy (non-hydrogen) atoms. The van der Waals surface area contributed by atoms with E-state index in [-0.39, 0.29) is 12.5 Å². The maximum Gasteiger partial charge on any atom is 0.221 e. The minimum absolute atomic E-state index is 0.0520. The van der Waals surface area contributed by atoms with Crippen molar-refractivity contribution in [3.63, 3.8) is 0 Å². The standard InChI is InChI=1S/C15H24N2O2/c1-12(11-18)4-3-9-16-10-14-5-7-15(8-6-14)17-13(2)19/h5-8,12,16,18H,3-4,9-11H2,1-2H3,(H,17,19). The fourth-order valence-electron chi connectivity index (χ4n) is 1.81. The molecule has 1 unspecified atom stereocenters. The predicted octanol–water partition coefficient (Wildman–Crippen LogP) is 2.14. The molecule has 0 spiro atoms. The summed E-state index contributed by atoms with van der Waals surface area (Å²) in [7, 11) is 0. The first-order valence-corrected chi connectivity index (χ1v) is 6.80. The lowest BCUT2D eigenvalue weighted by Crippen LogP contribution is -2.16. The molecule has 0 aliphatic heterocycles. The van der Waals surface area contributed by atoms with Crippen LogP contribution in [0.25, 0.3) is 0 Å². The molecule has 1 atom stereocenters. The smallest absolute Gasteiger partial charge is 0.221 e. The van der Waals surface area contributed by atoms with E-state index in [0.717, 1.165) is 31.6 Å². The van der Waals surface area contributed by atoms with Gasteiger partial charge in [-0.3, -0.25) is 4.79 Å². The Morgan fingerprint density at radius 2 is 2.00 bits per heavy atom. The zero-order valence-corrected chi connectivity index (χ0v) is 11.8. The molecule has 0 aliphatic carbocycles. The van der Waals surface area contributed by atoms with Crippen molar-refractivity contribution in [1.29, 1.82) is 0 Å². The van der Waals surface area contributed by atoms with E-state index in [1.165, 1.54) is 12.5 Å². The Bertz CT molecular complexity index is 376. The molecule has 0 aromatic heterocycles. The topological polar surface area (TPSA) is 61.4 Å². The Morgan fingerprint density at radius 1 is 1.32 bits per heavy atom. The van der Waals surface area contributed by atoms with Gasteiger partial charge in [0.15, 0.2) is 0 Å². The second kappa shape index (κ2) is 8.67. The first-order valence-electron chi connectivity index (χ1n) is 6.80. The third kappa shape index (κ3) is 6.94. The van der Waals surface area contributed by atoms with Crippen LogP contribution in [0, 0.1) is 5.92 Å². The molecule has 4 nitrogen and oxygen atoms in total. The van der Waals surface area contributed by atoms with E-state index in [2.05, 4.69) is 17.6 Å². The van der Waals surface area contributed by atoms with Crippen LogP contribution in [0.3, 0.4) is 0 Å². The first kappa shape index (κ1) is 15.7. The Hall–Kier alpha value is -1.39. The second-order valence-electron chi connectivity index (χ2n) is 4.98. The van der Waals surface area contributed by atoms with Crippen LogP contribution < -0.4 is 10.6 Å². The SMILES string of the molecule is CC(=O)Nc1ccc(CNCCCC(C)CO)cc1. The minimum Gasteiger partial charge on any atom is -0.396 e. The number of carbonyl (C=O) groups is 1. The first-order chi connectivity index (χ1) is 9.11. The van der Waals surface area contributed by atoms with Gasteiger partial charge in [0.25, 0.3) is 0 Å². The van der Waals surface area contributed by atoms with Crippen molar-refractivity contribution >= 4 is 11.6 Å². The van der Waals surface area contributed by atoms with Crippen LogP contribution in [-0.4, -0.2) is 24.2 Å². The van der Waals surface area contributed by atoms with Gasteiger partial charge < -0.3 is 15.7 Å². The number of hydrogen-bond donors (Lipinski definition) is 3. The normalized spacial score (nSPS) is 12.2. The average molecular weight is 264 g/mol. The summed E-state index contributed by atoms with van der Waals surface area (Å²) >= 11 is 0. The summed E-state index contributed by atoms with van der Waals surface area (Å²) < 4.78 is 0. The van der Waals surface area contributed by atoms with Gasteiger partial charge in [-0.2, -0.15) is 0 Å². The molecule has 0 fully saturated rings. The zero-order chi connectivity index (χ0) is 14.1. The quantitative estimate of drug-likeness (QED) is 0.630. The molecule has 4 heteroatoms. The lowest BCUT2D eigenvalue weighted by atomic mass is 10.1. The van der Waals surface area contributed by atoms with Gasteiger partial charge in [-0.1, -0.05) is 19.1 Å². The van der Waals surface area contributed by atoms with Gasteiger partial charge in [0.1, 0.15) is 0 Å². The summed E-state index contributed by atoms with van der Waals surface area (Å²) in [6, 6.07) is 7.84. The van der Waals surface area contributed by atoms with Crippen molar-refractivity contribution in [1.82, 2.24) is 5.32 Å². The van der Waals surface area contributed by atoms with E-state index >= 15 is 0 Å². The minimum atomic E-state index is -0.0520. The maximum atomic E-state index is 10.9. The third-order valence-electron chi connectivity index (χ3n) is 2.97. The lowest BCUT2D eigenvalue weighted by Gasteiger charge is -2.09. The number of aliphatic hydroxyl groups excluding tert-OH is 1. The fraction of sp³-hybridized carbons (Fsp3) is 0.533. The van der Waals surface area contributed by atoms with Crippen LogP contribution in [0.15, 0.2) is 24.3 Å². The number of anilines is 1. The Kier molecular flexibility index (Phi) is 7.15. The number of nitrogens with one attached hydrogen (secondary N) is 2. The van der Waals surface area contributed by atoms with Crippen LogP contribution in [0.4, 0.5) is 5.69 Å². The lowest BCUT2D eigenvalue weighted by molar-refractivity contribution is -0.114. The molecule has 3 N–H and O–H groups in total. The number of carbonyl (C=O) groups excluding carboxylic acids is 1. The number of rotatable bonds is 8. The Morgan fingerprint density at radius 3 is 2.58 bits per heavy atom. The van der Waals surface area contributed by atoms with Gasteiger partial charge in [0.2, 0.25) is 5.91 Å². The third-order valence-corrected chi connectivity index (χ3v) is 2.97. The summed E-state index contributed by atoms with van der Waals surface area (Å²) in [5, 5.41) is 15.0. The number of amides is 1. The van der Waals surface area contributed by atoms with E-state index in [4.69, 9.17) is 5.11 Å². The Balaban J connectivity index is 2.21. The van der Waals surface area contributed by atoms with Crippen molar-refractivity contribution < 1.29 is 9.90 Å². The summed E-state index contributed by atoms with van der Waals surface area (Å²) in [4.78, 5) is 10.9. The maximum absolute atomic E-state index is 10.9. The van der Waals surface area contributed by atoms with Gasteiger partial charge >= 0.3 is 0 Å². The fourth-order valence-corrected chi connectivity index (χ4v) is 1.81. The molecule has 106 valence electrons. The van der Waals surface area contributed by atoms with Crippen molar-refractivity contribution in [2.45, 2.75) is 33.2 Å². The zero-order valence-electron chi connectivity index (χ0n) is 11.8. The van der Waals surface area contributed by atoms with E-state index in [9.17, 15) is 4.79 Å². The molecule has 0 aliphatic rings. The monoisotopic (exact) mass is 264 g/mol. The van der Waals surface area contributed by atoms with Crippen molar-refractivity contribution in [3.8, 4) is 0 Å². The second-order valence-corrected chi connectivity index (χ2v) is 4.98. The molecular weight excluding hydrogens is 240 g/mol. The average Bonchev–Trinajstić information content (AvgIpc) is 2.39. The van der Waals surface area contributed by atoms with Gasteiger partial charge in [-0.05, 0) is 43.0 Å². The highest BCUT2D eigenvalue weighted by molar-refractivity contribution is 5.88. The Labute approximate surface area is 115 Å². The van der Waals surface area contributed by atoms with E-state index in [0.29, 0.717) is 5.92 Å². The van der Waals surface area contributed by atoms with Crippen LogP contribution in [0.1, 0.15) is 32.3 Å². The van der Waals surface area contributed by atoms with Gasteiger partial charge in [0, 0.05) is 25.8 Å². The van der Waals surface area contributed by atoms with E-state index in [1.807, 2.05) is 24.3 Å². The van der Waals surface area contributed by atoms with Crippen molar-refractivity contribution in [2.24, 2.45) is 5.92 Å². The number of hydrogen-bond acceptors (Lipinski definition) is 3. The highest BCUT2D eigenvalue weighted by Crippen LogP contribution is 2.09. The van der Waals surface area contributed by atoms with Gasteiger partial charge in [0.05, 0.1) is 0 Å². The van der Waals surface area contributed by atoms with Gasteiger partial charge in [-0.15, -0.1) is 0 Å². The number of benzene rings is 1. The molecule has 0 radical (unpaired) electrons. The molecule has 1 aromatic carbocycles. The van der Waals surface area contributed by atoms with Crippen molar-refractivity contribution in [3.05, 3.63) is 29.8 Å². The van der Waals surface area contributed by atoms with E-state index in [1.54, 1.807) is 0 Å². The van der Waals surface area contributed by atoms with Crippen LogP contribution in [0.2, 0.25) is 0 Å². The summed E-state index contributed by atoms with van der Waals surface area (Å²) in [6.45, 7) is 5.61. The molecule has 1 aromatic rings. The molecule has 1 amide bonds. The molecule has 0 saturated heterocycles. The van der Waals surface area contributed by atoms with Crippen molar-refractivity contribution in [2.75, 3.05) is 18.5 Å². The van der Waals surface area contributed by atoms with Crippen LogP contribution >= 0.6 is 0 Å².